The molecule has 0 saturated heterocycles. The van der Waals surface area contributed by atoms with Gasteiger partial charge in [0.2, 0.25) is 0 Å². The van der Waals surface area contributed by atoms with Gasteiger partial charge in [-0.25, -0.2) is 0 Å². The van der Waals surface area contributed by atoms with Gasteiger partial charge in [0.05, 0.1) is 5.92 Å². The number of nitrogen functional groups attached to an aromatic ring is 1. The zero-order chi connectivity index (χ0) is 11.4. The molecule has 80 valence electrons. The minimum atomic E-state index is -0.959. The Kier molecular flexibility index (Phi) is 3.44. The molecular formula is C11H13NO3. The number of Topliss-reactive ketones (excluding diaryl/α,β-unsaturated/α-hetero) is 1. The SMILES string of the molecule is CC(CC(=O)c1ccc(N)cc1)C(=O)O. The van der Waals surface area contributed by atoms with Crippen molar-refractivity contribution in [3.8, 4) is 0 Å². The lowest BCUT2D eigenvalue weighted by atomic mass is 10.00. The van der Waals surface area contributed by atoms with Gasteiger partial charge in [0, 0.05) is 17.7 Å². The Morgan fingerprint density at radius 2 is 1.87 bits per heavy atom. The molecule has 0 saturated carbocycles. The van der Waals surface area contributed by atoms with Crippen LogP contribution in [0, 0.1) is 5.92 Å². The highest BCUT2D eigenvalue weighted by Gasteiger charge is 2.16. The fourth-order valence-electron chi connectivity index (χ4n) is 1.15. The predicted molar refractivity (Wildman–Crippen MR) is 56.6 cm³/mol. The van der Waals surface area contributed by atoms with Gasteiger partial charge in [-0.2, -0.15) is 0 Å². The van der Waals surface area contributed by atoms with Crippen LogP contribution < -0.4 is 5.73 Å². The number of rotatable bonds is 4. The average Bonchev–Trinajstić information content (AvgIpc) is 2.18. The molecule has 1 rings (SSSR count). The molecule has 4 nitrogen and oxygen atoms in total. The van der Waals surface area contributed by atoms with Crippen LogP contribution in [0.3, 0.4) is 0 Å². The first kappa shape index (κ1) is 11.2. The van der Waals surface area contributed by atoms with Crippen LogP contribution >= 0.6 is 0 Å². The van der Waals surface area contributed by atoms with Crippen molar-refractivity contribution in [3.63, 3.8) is 0 Å². The van der Waals surface area contributed by atoms with Crippen LogP contribution in [0.1, 0.15) is 23.7 Å². The van der Waals surface area contributed by atoms with E-state index < -0.39 is 11.9 Å². The largest absolute Gasteiger partial charge is 0.481 e. The van der Waals surface area contributed by atoms with E-state index in [-0.39, 0.29) is 12.2 Å². The molecule has 1 unspecified atom stereocenters. The molecular weight excluding hydrogens is 194 g/mol. The molecule has 0 amide bonds. The van der Waals surface area contributed by atoms with Crippen molar-refractivity contribution in [2.45, 2.75) is 13.3 Å². The van der Waals surface area contributed by atoms with Crippen molar-refractivity contribution in [3.05, 3.63) is 29.8 Å². The van der Waals surface area contributed by atoms with Gasteiger partial charge < -0.3 is 10.8 Å². The molecule has 0 aliphatic heterocycles. The number of benzene rings is 1. The lowest BCUT2D eigenvalue weighted by molar-refractivity contribution is -0.141. The van der Waals surface area contributed by atoms with E-state index in [4.69, 9.17) is 10.8 Å². The van der Waals surface area contributed by atoms with Gasteiger partial charge in [0.25, 0.3) is 0 Å². The zero-order valence-corrected chi connectivity index (χ0v) is 8.43. The third-order valence-electron chi connectivity index (χ3n) is 2.15. The molecule has 0 radical (unpaired) electrons. The third kappa shape index (κ3) is 3.09. The van der Waals surface area contributed by atoms with Crippen molar-refractivity contribution in [2.75, 3.05) is 5.73 Å². The van der Waals surface area contributed by atoms with Crippen LogP contribution in [0.5, 0.6) is 0 Å². The molecule has 1 aromatic rings. The number of carbonyl (C=O) groups is 2. The van der Waals surface area contributed by atoms with Crippen LogP contribution in [0.15, 0.2) is 24.3 Å². The van der Waals surface area contributed by atoms with Crippen LogP contribution in [0.25, 0.3) is 0 Å². The number of ketones is 1. The summed E-state index contributed by atoms with van der Waals surface area (Å²) in [6.45, 7) is 1.51. The average molecular weight is 207 g/mol. The van der Waals surface area contributed by atoms with Crippen molar-refractivity contribution in [1.29, 1.82) is 0 Å². The van der Waals surface area contributed by atoms with E-state index in [2.05, 4.69) is 0 Å². The van der Waals surface area contributed by atoms with Crippen LogP contribution in [0.4, 0.5) is 5.69 Å². The van der Waals surface area contributed by atoms with Gasteiger partial charge in [0.15, 0.2) is 5.78 Å². The Morgan fingerprint density at radius 3 is 2.33 bits per heavy atom. The molecule has 0 fully saturated rings. The minimum Gasteiger partial charge on any atom is -0.481 e. The molecule has 0 spiro atoms. The first-order chi connectivity index (χ1) is 7.00. The van der Waals surface area contributed by atoms with Crippen molar-refractivity contribution < 1.29 is 14.7 Å². The molecule has 0 heterocycles. The second-order valence-electron chi connectivity index (χ2n) is 3.49. The molecule has 0 aliphatic rings. The number of carboxylic acids is 1. The second-order valence-corrected chi connectivity index (χ2v) is 3.49. The number of hydrogen-bond acceptors (Lipinski definition) is 3. The highest BCUT2D eigenvalue weighted by Crippen LogP contribution is 2.12. The van der Waals surface area contributed by atoms with E-state index in [1.54, 1.807) is 24.3 Å². The number of anilines is 1. The summed E-state index contributed by atoms with van der Waals surface area (Å²) in [5.41, 5.74) is 6.55. The number of carbonyl (C=O) groups excluding carboxylic acids is 1. The number of carboxylic acid groups (broad SMARTS) is 1. The lowest BCUT2D eigenvalue weighted by Gasteiger charge is -2.05. The first-order valence-corrected chi connectivity index (χ1v) is 4.62. The number of hydrogen-bond donors (Lipinski definition) is 2. The van der Waals surface area contributed by atoms with Gasteiger partial charge in [-0.3, -0.25) is 9.59 Å². The van der Waals surface area contributed by atoms with E-state index in [9.17, 15) is 9.59 Å². The van der Waals surface area contributed by atoms with E-state index in [1.807, 2.05) is 0 Å². The van der Waals surface area contributed by atoms with Crippen LogP contribution in [-0.4, -0.2) is 16.9 Å². The van der Waals surface area contributed by atoms with E-state index in [1.165, 1.54) is 6.92 Å². The molecule has 15 heavy (non-hydrogen) atoms. The number of nitrogens with two attached hydrogens (primary N) is 1. The lowest BCUT2D eigenvalue weighted by Crippen LogP contribution is -2.14. The summed E-state index contributed by atoms with van der Waals surface area (Å²) in [6, 6.07) is 6.45. The van der Waals surface area contributed by atoms with E-state index in [0.29, 0.717) is 11.3 Å². The molecule has 4 heteroatoms. The summed E-state index contributed by atoms with van der Waals surface area (Å²) in [6.07, 6.45) is 0.0131. The Bertz CT molecular complexity index is 370. The Labute approximate surface area is 87.7 Å². The Hall–Kier alpha value is -1.84. The van der Waals surface area contributed by atoms with Crippen molar-refractivity contribution >= 4 is 17.4 Å². The summed E-state index contributed by atoms with van der Waals surface area (Å²) >= 11 is 0. The van der Waals surface area contributed by atoms with Gasteiger partial charge >= 0.3 is 5.97 Å². The summed E-state index contributed by atoms with van der Waals surface area (Å²) < 4.78 is 0. The smallest absolute Gasteiger partial charge is 0.306 e. The highest BCUT2D eigenvalue weighted by molar-refractivity contribution is 5.98. The molecule has 0 aromatic heterocycles. The molecule has 1 atom stereocenters. The van der Waals surface area contributed by atoms with Gasteiger partial charge in [-0.05, 0) is 24.3 Å². The summed E-state index contributed by atoms with van der Waals surface area (Å²) in [5.74, 6) is -1.79. The summed E-state index contributed by atoms with van der Waals surface area (Å²) in [5, 5.41) is 8.65. The standard InChI is InChI=1S/C11H13NO3/c1-7(11(14)15)6-10(13)8-2-4-9(12)5-3-8/h2-5,7H,6,12H2,1H3,(H,14,15). The normalized spacial score (nSPS) is 12.1. The molecule has 3 N–H and O–H groups in total. The molecule has 0 bridgehead atoms. The maximum absolute atomic E-state index is 11.6. The highest BCUT2D eigenvalue weighted by atomic mass is 16.4. The Balaban J connectivity index is 2.69. The van der Waals surface area contributed by atoms with Crippen molar-refractivity contribution in [2.24, 2.45) is 5.92 Å². The second kappa shape index (κ2) is 4.59. The topological polar surface area (TPSA) is 80.4 Å². The monoisotopic (exact) mass is 207 g/mol. The molecule has 1 aromatic carbocycles. The maximum atomic E-state index is 11.6. The maximum Gasteiger partial charge on any atom is 0.306 e. The summed E-state index contributed by atoms with van der Waals surface area (Å²) in [4.78, 5) is 22.1. The minimum absolute atomic E-state index is 0.0131. The zero-order valence-electron chi connectivity index (χ0n) is 8.43. The Morgan fingerprint density at radius 1 is 1.33 bits per heavy atom. The van der Waals surface area contributed by atoms with E-state index in [0.717, 1.165) is 0 Å². The predicted octanol–water partition coefficient (Wildman–Crippen LogP) is 1.56. The van der Waals surface area contributed by atoms with Gasteiger partial charge in [-0.1, -0.05) is 6.92 Å². The third-order valence-corrected chi connectivity index (χ3v) is 2.15. The number of aliphatic carboxylic acids is 1. The van der Waals surface area contributed by atoms with E-state index >= 15 is 0 Å². The molecule has 0 aliphatic carbocycles. The summed E-state index contributed by atoms with van der Waals surface area (Å²) in [7, 11) is 0. The fraction of sp³-hybridized carbons (Fsp3) is 0.273. The first-order valence-electron chi connectivity index (χ1n) is 4.62. The van der Waals surface area contributed by atoms with Crippen molar-refractivity contribution in [1.82, 2.24) is 0 Å². The fourth-order valence-corrected chi connectivity index (χ4v) is 1.15. The van der Waals surface area contributed by atoms with Gasteiger partial charge in [0.1, 0.15) is 0 Å². The van der Waals surface area contributed by atoms with Crippen LogP contribution in [-0.2, 0) is 4.79 Å². The van der Waals surface area contributed by atoms with Crippen LogP contribution in [0.2, 0.25) is 0 Å². The van der Waals surface area contributed by atoms with Gasteiger partial charge in [-0.15, -0.1) is 0 Å². The quantitative estimate of drug-likeness (QED) is 0.580.